The highest BCUT2D eigenvalue weighted by Crippen LogP contribution is 2.51. The molecule has 1 saturated heterocycles. The molecular formula is C37H39NO4. The highest BCUT2D eigenvalue weighted by atomic mass is 16.5. The number of methoxy groups -OCH3 is 2. The van der Waals surface area contributed by atoms with Gasteiger partial charge in [0.15, 0.2) is 5.60 Å². The molecule has 3 heterocycles. The van der Waals surface area contributed by atoms with Crippen LogP contribution in [0.25, 0.3) is 16.5 Å². The molecule has 0 aromatic heterocycles. The fourth-order valence-corrected chi connectivity index (χ4v) is 7.07. The smallest absolute Gasteiger partial charge is 0.180 e. The highest BCUT2D eigenvalue weighted by Gasteiger charge is 2.43. The van der Waals surface area contributed by atoms with Gasteiger partial charge in [0.05, 0.1) is 14.2 Å². The van der Waals surface area contributed by atoms with E-state index < -0.39 is 5.60 Å². The monoisotopic (exact) mass is 561 g/mol. The molecule has 0 spiro atoms. The van der Waals surface area contributed by atoms with E-state index in [4.69, 9.17) is 18.9 Å². The van der Waals surface area contributed by atoms with E-state index in [9.17, 15) is 0 Å². The Morgan fingerprint density at radius 1 is 0.857 bits per heavy atom. The van der Waals surface area contributed by atoms with Crippen molar-refractivity contribution in [2.75, 3.05) is 27.3 Å². The van der Waals surface area contributed by atoms with Crippen molar-refractivity contribution in [1.82, 2.24) is 4.90 Å². The molecule has 1 fully saturated rings. The summed E-state index contributed by atoms with van der Waals surface area (Å²) in [5.41, 5.74) is 4.89. The van der Waals surface area contributed by atoms with E-state index in [0.29, 0.717) is 0 Å². The number of hydrogen-bond donors (Lipinski definition) is 0. The standard InChI is InChI=1S/C37H39NO4/c1-24-17-26-18-27(12-14-33(26)41-24)37(28-19-29(39-4)21-30(20-28)40-5)22-32(38-16-8-15-36(2,3)23-38)35-31-10-7-6-9-25(31)11-13-34(35)42-37/h6-7,9-14,18-22,24H,8,15-17,23H2,1-5H3. The van der Waals surface area contributed by atoms with E-state index >= 15 is 0 Å². The van der Waals surface area contributed by atoms with Gasteiger partial charge in [0.25, 0.3) is 0 Å². The lowest BCUT2D eigenvalue weighted by atomic mass is 9.79. The van der Waals surface area contributed by atoms with Gasteiger partial charge in [0.2, 0.25) is 0 Å². The molecule has 2 atom stereocenters. The van der Waals surface area contributed by atoms with Crippen molar-refractivity contribution >= 4 is 16.5 Å². The Morgan fingerprint density at radius 2 is 1.62 bits per heavy atom. The molecule has 0 amide bonds. The minimum atomic E-state index is -0.922. The van der Waals surface area contributed by atoms with E-state index in [1.54, 1.807) is 14.2 Å². The predicted molar refractivity (Wildman–Crippen MR) is 168 cm³/mol. The first-order valence-corrected chi connectivity index (χ1v) is 15.0. The van der Waals surface area contributed by atoms with Crippen molar-refractivity contribution in [2.24, 2.45) is 5.41 Å². The number of fused-ring (bicyclic) bond motifs is 4. The van der Waals surface area contributed by atoms with Crippen LogP contribution in [-0.2, 0) is 12.0 Å². The van der Waals surface area contributed by atoms with Crippen molar-refractivity contribution in [3.05, 3.63) is 101 Å². The number of piperidine rings is 1. The van der Waals surface area contributed by atoms with Gasteiger partial charge in [-0.3, -0.25) is 0 Å². The Hall–Kier alpha value is -4.12. The summed E-state index contributed by atoms with van der Waals surface area (Å²) in [6, 6.07) is 25.5. The van der Waals surface area contributed by atoms with Crippen LogP contribution in [-0.4, -0.2) is 38.3 Å². The minimum Gasteiger partial charge on any atom is -0.497 e. The van der Waals surface area contributed by atoms with Gasteiger partial charge in [-0.25, -0.2) is 0 Å². The Kier molecular flexibility index (Phi) is 6.38. The molecule has 4 aromatic carbocycles. The van der Waals surface area contributed by atoms with Crippen LogP contribution < -0.4 is 18.9 Å². The third kappa shape index (κ3) is 4.46. The van der Waals surface area contributed by atoms with Crippen LogP contribution in [0.1, 0.15) is 55.9 Å². The average molecular weight is 562 g/mol. The largest absolute Gasteiger partial charge is 0.497 e. The van der Waals surface area contributed by atoms with Crippen LogP contribution in [0.3, 0.4) is 0 Å². The zero-order valence-corrected chi connectivity index (χ0v) is 25.2. The maximum atomic E-state index is 7.30. The summed E-state index contributed by atoms with van der Waals surface area (Å²) in [4.78, 5) is 2.59. The first-order valence-electron chi connectivity index (χ1n) is 15.0. The fourth-order valence-electron chi connectivity index (χ4n) is 7.07. The van der Waals surface area contributed by atoms with Crippen LogP contribution in [0.2, 0.25) is 0 Å². The van der Waals surface area contributed by atoms with Gasteiger partial charge in [0, 0.05) is 48.0 Å². The van der Waals surface area contributed by atoms with Gasteiger partial charge >= 0.3 is 0 Å². The second-order valence-electron chi connectivity index (χ2n) is 12.8. The second-order valence-corrected chi connectivity index (χ2v) is 12.8. The molecule has 2 unspecified atom stereocenters. The summed E-state index contributed by atoms with van der Waals surface area (Å²) in [5, 5.41) is 2.42. The van der Waals surface area contributed by atoms with Crippen molar-refractivity contribution in [1.29, 1.82) is 0 Å². The molecule has 42 heavy (non-hydrogen) atoms. The van der Waals surface area contributed by atoms with Gasteiger partial charge in [-0.1, -0.05) is 50.2 Å². The molecule has 216 valence electrons. The number of hydrogen-bond acceptors (Lipinski definition) is 5. The van der Waals surface area contributed by atoms with Gasteiger partial charge < -0.3 is 23.8 Å². The van der Waals surface area contributed by atoms with E-state index in [0.717, 1.165) is 65.6 Å². The lowest BCUT2D eigenvalue weighted by Gasteiger charge is -2.45. The average Bonchev–Trinajstić information content (AvgIpc) is 3.38. The Morgan fingerprint density at radius 3 is 2.38 bits per heavy atom. The summed E-state index contributed by atoms with van der Waals surface area (Å²) in [6.45, 7) is 8.87. The summed E-state index contributed by atoms with van der Waals surface area (Å²) in [5.74, 6) is 3.28. The first kappa shape index (κ1) is 26.8. The maximum absolute atomic E-state index is 7.30. The van der Waals surface area contributed by atoms with Crippen LogP contribution in [0.15, 0.2) is 78.9 Å². The number of likely N-dealkylation sites (tertiary alicyclic amines) is 1. The Balaban J connectivity index is 1.53. The molecule has 5 nitrogen and oxygen atoms in total. The number of benzene rings is 4. The lowest BCUT2D eigenvalue weighted by molar-refractivity contribution is 0.142. The van der Waals surface area contributed by atoms with E-state index in [1.165, 1.54) is 28.5 Å². The van der Waals surface area contributed by atoms with Crippen molar-refractivity contribution in [3.63, 3.8) is 0 Å². The summed E-state index contributed by atoms with van der Waals surface area (Å²) in [6.07, 6.45) is 5.76. The topological polar surface area (TPSA) is 40.2 Å². The van der Waals surface area contributed by atoms with Gasteiger partial charge in [-0.15, -0.1) is 0 Å². The first-order chi connectivity index (χ1) is 20.3. The maximum Gasteiger partial charge on any atom is 0.180 e. The van der Waals surface area contributed by atoms with Crippen molar-refractivity contribution in [2.45, 2.75) is 51.7 Å². The van der Waals surface area contributed by atoms with E-state index in [1.807, 2.05) is 6.07 Å². The number of rotatable bonds is 5. The normalized spacial score (nSPS) is 22.5. The summed E-state index contributed by atoms with van der Waals surface area (Å²) in [7, 11) is 3.39. The van der Waals surface area contributed by atoms with Crippen LogP contribution in [0, 0.1) is 5.41 Å². The minimum absolute atomic E-state index is 0.157. The molecule has 0 aliphatic carbocycles. The van der Waals surface area contributed by atoms with Crippen LogP contribution >= 0.6 is 0 Å². The summed E-state index contributed by atoms with van der Waals surface area (Å²) >= 11 is 0. The third-order valence-electron chi connectivity index (χ3n) is 9.10. The molecule has 3 aliphatic heterocycles. The Bertz CT molecular complexity index is 1680. The van der Waals surface area contributed by atoms with Crippen molar-refractivity contribution in [3.8, 4) is 23.0 Å². The zero-order valence-electron chi connectivity index (χ0n) is 25.2. The molecule has 0 saturated carbocycles. The van der Waals surface area contributed by atoms with Gasteiger partial charge in [-0.05, 0) is 77.9 Å². The molecular weight excluding hydrogens is 522 g/mol. The molecule has 3 aliphatic rings. The van der Waals surface area contributed by atoms with Gasteiger partial charge in [0.1, 0.15) is 29.1 Å². The summed E-state index contributed by atoms with van der Waals surface area (Å²) < 4.78 is 24.9. The molecule has 5 heteroatoms. The number of ether oxygens (including phenoxy) is 4. The predicted octanol–water partition coefficient (Wildman–Crippen LogP) is 7.98. The SMILES string of the molecule is COc1cc(OC)cc(C2(c3ccc4c(c3)CC(C)O4)C=C(N3CCCC(C)(C)C3)c3c(ccc4ccccc34)O2)c1. The highest BCUT2D eigenvalue weighted by molar-refractivity contribution is 5.97. The quantitative estimate of drug-likeness (QED) is 0.247. The lowest BCUT2D eigenvalue weighted by Crippen LogP contribution is -2.42. The zero-order chi connectivity index (χ0) is 29.1. The Labute approximate surface area is 248 Å². The van der Waals surface area contributed by atoms with Crippen molar-refractivity contribution < 1.29 is 18.9 Å². The number of nitrogens with zero attached hydrogens (tertiary/aromatic N) is 1. The van der Waals surface area contributed by atoms with E-state index in [2.05, 4.69) is 98.5 Å². The fraction of sp³-hybridized carbons (Fsp3) is 0.351. The second kappa shape index (κ2) is 10.0. The van der Waals surface area contributed by atoms with Gasteiger partial charge in [-0.2, -0.15) is 0 Å². The molecule has 7 rings (SSSR count). The van der Waals surface area contributed by atoms with Crippen LogP contribution in [0.4, 0.5) is 0 Å². The van der Waals surface area contributed by atoms with Crippen LogP contribution in [0.5, 0.6) is 23.0 Å². The van der Waals surface area contributed by atoms with E-state index in [-0.39, 0.29) is 11.5 Å². The molecule has 0 N–H and O–H groups in total. The third-order valence-corrected chi connectivity index (χ3v) is 9.10. The molecule has 0 radical (unpaired) electrons. The molecule has 0 bridgehead atoms. The molecule has 4 aromatic rings.